The Bertz CT molecular complexity index is 2110. The standard InChI is InChI=1S/C42H49N9O7/c43-42(44)46-21-7-13-33-40(57)51-34(24-27-14-17-28-8-4-5-11-30(28)22-27)38(55)47-25-36(53)48-35(23-26-15-18-31(52)19-16-26)41(58)50-32(39(56)49-33)12-6-20-45-37(54)29-9-2-1-3-10-29/h1-5,8-11,14-19,22,32-35,52H,6-7,12-13,20-21,23-25H2,(H,45,54)(H,47,55)(H,48,53)(H,49,56)(H,50,58)(H,51,57)(H4,43,44,46)/t32-,33-,34-,35+/m0/s1. The van der Waals surface area contributed by atoms with Gasteiger partial charge in [0.25, 0.3) is 5.91 Å². The van der Waals surface area contributed by atoms with Gasteiger partial charge in [0.05, 0.1) is 6.54 Å². The van der Waals surface area contributed by atoms with Crippen molar-refractivity contribution in [2.24, 2.45) is 16.5 Å². The number of fused-ring (bicyclic) bond motifs is 1. The quantitative estimate of drug-likeness (QED) is 0.0523. The Hall–Kier alpha value is -6.97. The number of phenols is 1. The van der Waals surface area contributed by atoms with E-state index in [1.54, 1.807) is 42.5 Å². The van der Waals surface area contributed by atoms with E-state index >= 15 is 0 Å². The van der Waals surface area contributed by atoms with Crippen LogP contribution in [0.15, 0.2) is 102 Å². The summed E-state index contributed by atoms with van der Waals surface area (Å²) in [5, 5.41) is 28.1. The highest BCUT2D eigenvalue weighted by Gasteiger charge is 2.32. The van der Waals surface area contributed by atoms with Crippen LogP contribution in [0.25, 0.3) is 10.8 Å². The second-order valence-electron chi connectivity index (χ2n) is 14.0. The maximum Gasteiger partial charge on any atom is 0.251 e. The van der Waals surface area contributed by atoms with Crippen LogP contribution in [-0.4, -0.2) is 90.3 Å². The Morgan fingerprint density at radius 2 is 1.22 bits per heavy atom. The number of aliphatic imine (C=N–C) groups is 1. The van der Waals surface area contributed by atoms with Gasteiger partial charge >= 0.3 is 0 Å². The van der Waals surface area contributed by atoms with Gasteiger partial charge in [0, 0.05) is 31.5 Å². The van der Waals surface area contributed by atoms with Gasteiger partial charge in [-0.2, -0.15) is 0 Å². The summed E-state index contributed by atoms with van der Waals surface area (Å²) in [4.78, 5) is 85.9. The molecule has 58 heavy (non-hydrogen) atoms. The molecule has 16 heteroatoms. The number of guanidine groups is 1. The van der Waals surface area contributed by atoms with Crippen molar-refractivity contribution in [3.63, 3.8) is 0 Å². The first-order chi connectivity index (χ1) is 27.9. The molecule has 0 radical (unpaired) electrons. The molecule has 1 aliphatic rings. The largest absolute Gasteiger partial charge is 0.508 e. The Balaban J connectivity index is 1.43. The molecular weight excluding hydrogens is 743 g/mol. The van der Waals surface area contributed by atoms with Crippen LogP contribution in [0.2, 0.25) is 0 Å². The van der Waals surface area contributed by atoms with E-state index in [0.29, 0.717) is 11.1 Å². The smallest absolute Gasteiger partial charge is 0.251 e. The summed E-state index contributed by atoms with van der Waals surface area (Å²) in [6.07, 6.45) is 0.660. The van der Waals surface area contributed by atoms with E-state index in [-0.39, 0.29) is 69.2 Å². The lowest BCUT2D eigenvalue weighted by molar-refractivity contribution is -0.134. The third-order valence-electron chi connectivity index (χ3n) is 9.54. The van der Waals surface area contributed by atoms with Gasteiger partial charge in [-0.15, -0.1) is 0 Å². The maximum atomic E-state index is 14.1. The Kier molecular flexibility index (Phi) is 15.1. The first-order valence-corrected chi connectivity index (χ1v) is 19.1. The van der Waals surface area contributed by atoms with Crippen LogP contribution in [0.5, 0.6) is 5.75 Å². The van der Waals surface area contributed by atoms with Crippen molar-refractivity contribution in [3.8, 4) is 5.75 Å². The molecule has 1 aliphatic heterocycles. The van der Waals surface area contributed by atoms with Crippen molar-refractivity contribution >= 4 is 52.2 Å². The molecule has 1 fully saturated rings. The fourth-order valence-corrected chi connectivity index (χ4v) is 6.48. The zero-order chi connectivity index (χ0) is 41.4. The highest BCUT2D eigenvalue weighted by molar-refractivity contribution is 5.97. The lowest BCUT2D eigenvalue weighted by Crippen LogP contribution is -2.58. The number of hydrogen-bond donors (Lipinski definition) is 9. The van der Waals surface area contributed by atoms with Crippen LogP contribution in [0.4, 0.5) is 0 Å². The van der Waals surface area contributed by atoms with E-state index in [0.717, 1.165) is 16.3 Å². The number of carbonyl (C=O) groups excluding carboxylic acids is 6. The van der Waals surface area contributed by atoms with Crippen molar-refractivity contribution in [2.75, 3.05) is 19.6 Å². The molecule has 16 nitrogen and oxygen atoms in total. The van der Waals surface area contributed by atoms with Crippen LogP contribution < -0.4 is 43.4 Å². The average molecular weight is 792 g/mol. The van der Waals surface area contributed by atoms with Crippen molar-refractivity contribution < 1.29 is 33.9 Å². The van der Waals surface area contributed by atoms with E-state index in [1.807, 2.05) is 42.5 Å². The van der Waals surface area contributed by atoms with Gasteiger partial charge in [-0.1, -0.05) is 72.8 Å². The number of phenolic OH excluding ortho intramolecular Hbond substituents is 1. The molecule has 6 amide bonds. The zero-order valence-corrected chi connectivity index (χ0v) is 31.9. The SMILES string of the molecule is NC(N)=NCCC[C@@H]1NC(=O)[C@H](CCCNC(=O)c2ccccc2)NC(=O)[C@@H](Cc2ccc(O)cc2)NC(=O)CNC(=O)[C@H](Cc2ccc3ccccc3c2)NC1=O. The Labute approximate surface area is 335 Å². The molecule has 0 saturated carbocycles. The van der Waals surface area contributed by atoms with Crippen LogP contribution in [-0.2, 0) is 36.8 Å². The maximum absolute atomic E-state index is 14.1. The molecule has 5 rings (SSSR count). The number of aromatic hydroxyl groups is 1. The van der Waals surface area contributed by atoms with Crippen LogP contribution in [0.3, 0.4) is 0 Å². The van der Waals surface area contributed by atoms with Crippen LogP contribution >= 0.6 is 0 Å². The highest BCUT2D eigenvalue weighted by Crippen LogP contribution is 2.18. The summed E-state index contributed by atoms with van der Waals surface area (Å²) < 4.78 is 0. The fraction of sp³-hybridized carbons (Fsp3) is 0.310. The van der Waals surface area contributed by atoms with Crippen molar-refractivity contribution in [2.45, 2.75) is 62.7 Å². The van der Waals surface area contributed by atoms with E-state index < -0.39 is 60.2 Å². The number of nitrogens with zero attached hydrogens (tertiary/aromatic N) is 1. The molecule has 1 saturated heterocycles. The van der Waals surface area contributed by atoms with Gasteiger partial charge < -0.3 is 48.5 Å². The van der Waals surface area contributed by atoms with Gasteiger partial charge in [0.15, 0.2) is 5.96 Å². The van der Waals surface area contributed by atoms with Gasteiger partial charge in [-0.25, -0.2) is 0 Å². The van der Waals surface area contributed by atoms with Gasteiger partial charge in [0.1, 0.15) is 29.9 Å². The number of carbonyl (C=O) groups is 6. The predicted molar refractivity (Wildman–Crippen MR) is 218 cm³/mol. The molecule has 4 aromatic carbocycles. The molecule has 0 unspecified atom stereocenters. The van der Waals surface area contributed by atoms with Gasteiger partial charge in [0.2, 0.25) is 29.5 Å². The monoisotopic (exact) mass is 791 g/mol. The van der Waals surface area contributed by atoms with E-state index in [9.17, 15) is 33.9 Å². The number of amides is 6. The normalized spacial score (nSPS) is 19.3. The first kappa shape index (κ1) is 42.2. The molecule has 1 heterocycles. The van der Waals surface area contributed by atoms with E-state index in [2.05, 4.69) is 36.9 Å². The van der Waals surface area contributed by atoms with E-state index in [1.165, 1.54) is 12.1 Å². The summed E-state index contributed by atoms with van der Waals surface area (Å²) in [6, 6.07) is 23.2. The number of rotatable bonds is 13. The molecule has 0 spiro atoms. The second-order valence-corrected chi connectivity index (χ2v) is 14.0. The number of nitrogens with one attached hydrogen (secondary N) is 6. The summed E-state index contributed by atoms with van der Waals surface area (Å²) in [7, 11) is 0. The highest BCUT2D eigenvalue weighted by atomic mass is 16.3. The molecular formula is C42H49N9O7. The van der Waals surface area contributed by atoms with E-state index in [4.69, 9.17) is 11.5 Å². The van der Waals surface area contributed by atoms with Crippen molar-refractivity contribution in [3.05, 3.63) is 114 Å². The summed E-state index contributed by atoms with van der Waals surface area (Å²) in [5.74, 6) is -3.89. The molecule has 4 aromatic rings. The molecule has 0 bridgehead atoms. The third-order valence-corrected chi connectivity index (χ3v) is 9.54. The minimum Gasteiger partial charge on any atom is -0.508 e. The summed E-state index contributed by atoms with van der Waals surface area (Å²) in [6.45, 7) is -0.212. The van der Waals surface area contributed by atoms with Crippen LogP contribution in [0, 0.1) is 0 Å². The molecule has 304 valence electrons. The minimum atomic E-state index is -1.22. The summed E-state index contributed by atoms with van der Waals surface area (Å²) >= 11 is 0. The number of hydrogen-bond acceptors (Lipinski definition) is 8. The lowest BCUT2D eigenvalue weighted by Gasteiger charge is -2.26. The second kappa shape index (κ2) is 20.8. The van der Waals surface area contributed by atoms with Gasteiger partial charge in [-0.05, 0) is 71.8 Å². The number of nitrogens with two attached hydrogens (primary N) is 2. The fourth-order valence-electron chi connectivity index (χ4n) is 6.48. The van der Waals surface area contributed by atoms with Crippen LogP contribution in [0.1, 0.15) is 47.2 Å². The van der Waals surface area contributed by atoms with Gasteiger partial charge in [-0.3, -0.25) is 33.8 Å². The third kappa shape index (κ3) is 12.8. The molecule has 11 N–H and O–H groups in total. The summed E-state index contributed by atoms with van der Waals surface area (Å²) in [5.41, 5.74) is 12.8. The molecule has 4 atom stereocenters. The lowest BCUT2D eigenvalue weighted by atomic mass is 10.0. The van der Waals surface area contributed by atoms with Crippen molar-refractivity contribution in [1.82, 2.24) is 31.9 Å². The molecule has 0 aliphatic carbocycles. The first-order valence-electron chi connectivity index (χ1n) is 19.1. The average Bonchev–Trinajstić information content (AvgIpc) is 3.22. The Morgan fingerprint density at radius 1 is 0.655 bits per heavy atom. The topological polar surface area (TPSA) is 259 Å². The number of benzene rings is 4. The predicted octanol–water partition coefficient (Wildman–Crippen LogP) is 0.663. The van der Waals surface area contributed by atoms with Crippen molar-refractivity contribution in [1.29, 1.82) is 0 Å². The Morgan fingerprint density at radius 3 is 1.91 bits per heavy atom. The zero-order valence-electron chi connectivity index (χ0n) is 31.9. The molecule has 0 aromatic heterocycles. The minimum absolute atomic E-state index is 0.00682.